The first-order valence-electron chi connectivity index (χ1n) is 3.64. The molecule has 0 unspecified atom stereocenters. The van der Waals surface area contributed by atoms with Crippen LogP contribution in [0.25, 0.3) is 0 Å². The molecule has 1 N–H and O–H groups in total. The maximum absolute atomic E-state index is 11.2. The smallest absolute Gasteiger partial charge is 0.248 e. The third kappa shape index (κ3) is 1.26. The molecule has 0 aliphatic carbocycles. The van der Waals surface area contributed by atoms with E-state index in [1.165, 1.54) is 6.92 Å². The van der Waals surface area contributed by atoms with Gasteiger partial charge in [-0.3, -0.25) is 9.59 Å². The Balaban J connectivity index is 2.75. The van der Waals surface area contributed by atoms with E-state index in [9.17, 15) is 9.59 Å². The van der Waals surface area contributed by atoms with Crippen molar-refractivity contribution >= 4 is 11.8 Å². The molecule has 1 rings (SSSR count). The molecule has 2 atom stereocenters. The number of hydrazine groups is 1. The van der Waals surface area contributed by atoms with Crippen LogP contribution in [-0.2, 0) is 9.59 Å². The Morgan fingerprint density at radius 1 is 1.55 bits per heavy atom. The van der Waals surface area contributed by atoms with Crippen LogP contribution in [0.3, 0.4) is 0 Å². The lowest BCUT2D eigenvalue weighted by molar-refractivity contribution is -0.144. The largest absolute Gasteiger partial charge is 0.273 e. The number of nitrogens with one attached hydrogen (secondary N) is 1. The number of rotatable bonds is 0. The van der Waals surface area contributed by atoms with Gasteiger partial charge >= 0.3 is 0 Å². The molecule has 1 aliphatic heterocycles. The first-order chi connectivity index (χ1) is 5.04. The second kappa shape index (κ2) is 2.62. The quantitative estimate of drug-likeness (QED) is 0.533. The van der Waals surface area contributed by atoms with Gasteiger partial charge in [-0.25, -0.2) is 10.4 Å². The molecule has 0 radical (unpaired) electrons. The molecule has 0 aromatic rings. The molecule has 0 bridgehead atoms. The van der Waals surface area contributed by atoms with Crippen molar-refractivity contribution in [1.29, 1.82) is 0 Å². The average Bonchev–Trinajstić information content (AvgIpc) is 2.17. The monoisotopic (exact) mass is 156 g/mol. The second-order valence-electron chi connectivity index (χ2n) is 2.90. The van der Waals surface area contributed by atoms with E-state index in [-0.39, 0.29) is 23.8 Å². The number of amides is 2. The highest BCUT2D eigenvalue weighted by atomic mass is 16.2. The molecule has 2 amide bonds. The molecule has 0 spiro atoms. The number of carbonyl (C=O) groups is 2. The van der Waals surface area contributed by atoms with Gasteiger partial charge in [0.05, 0.1) is 5.92 Å². The van der Waals surface area contributed by atoms with E-state index in [0.717, 1.165) is 5.01 Å². The van der Waals surface area contributed by atoms with Crippen molar-refractivity contribution in [3.8, 4) is 0 Å². The highest BCUT2D eigenvalue weighted by Crippen LogP contribution is 2.14. The number of nitrogens with zero attached hydrogens (tertiary/aromatic N) is 1. The Hall–Kier alpha value is -0.900. The lowest BCUT2D eigenvalue weighted by Crippen LogP contribution is -2.40. The lowest BCUT2D eigenvalue weighted by Gasteiger charge is -2.10. The van der Waals surface area contributed by atoms with Crippen molar-refractivity contribution in [2.45, 2.75) is 26.8 Å². The number of hydrogen-bond acceptors (Lipinski definition) is 3. The molecule has 1 saturated heterocycles. The Labute approximate surface area is 65.5 Å². The second-order valence-corrected chi connectivity index (χ2v) is 2.90. The third-order valence-corrected chi connectivity index (χ3v) is 2.01. The van der Waals surface area contributed by atoms with E-state index in [1.807, 2.05) is 13.8 Å². The minimum Gasteiger partial charge on any atom is -0.273 e. The fourth-order valence-electron chi connectivity index (χ4n) is 1.04. The van der Waals surface area contributed by atoms with E-state index >= 15 is 0 Å². The molecule has 0 aromatic heterocycles. The molecular weight excluding hydrogens is 144 g/mol. The van der Waals surface area contributed by atoms with Crippen molar-refractivity contribution < 1.29 is 9.59 Å². The lowest BCUT2D eigenvalue weighted by atomic mass is 10.1. The molecule has 4 nitrogen and oxygen atoms in total. The fourth-order valence-corrected chi connectivity index (χ4v) is 1.04. The Morgan fingerprint density at radius 3 is 2.27 bits per heavy atom. The van der Waals surface area contributed by atoms with Crippen LogP contribution in [0.5, 0.6) is 0 Å². The maximum atomic E-state index is 11.2. The normalized spacial score (nSPS) is 31.2. The summed E-state index contributed by atoms with van der Waals surface area (Å²) in [4.78, 5) is 22.0. The Morgan fingerprint density at radius 2 is 2.09 bits per heavy atom. The van der Waals surface area contributed by atoms with Gasteiger partial charge in [0.1, 0.15) is 0 Å². The standard InChI is InChI=1S/C7H12N2O2/c1-4-5(2)8-9(6(3)10)7(4)11/h4-5,8H,1-3H3/t4-,5-/m1/s1. The van der Waals surface area contributed by atoms with Crippen LogP contribution in [0.4, 0.5) is 0 Å². The first kappa shape index (κ1) is 8.20. The molecule has 0 saturated carbocycles. The van der Waals surface area contributed by atoms with Crippen LogP contribution in [0.15, 0.2) is 0 Å². The molecule has 1 heterocycles. The third-order valence-electron chi connectivity index (χ3n) is 2.01. The Kier molecular flexibility index (Phi) is 1.95. The minimum absolute atomic E-state index is 0.0615. The van der Waals surface area contributed by atoms with E-state index in [1.54, 1.807) is 0 Å². The number of imide groups is 1. The predicted molar refractivity (Wildman–Crippen MR) is 39.3 cm³/mol. The zero-order valence-corrected chi connectivity index (χ0v) is 6.92. The van der Waals surface area contributed by atoms with E-state index in [4.69, 9.17) is 0 Å². The van der Waals surface area contributed by atoms with Crippen molar-refractivity contribution in [3.05, 3.63) is 0 Å². The van der Waals surface area contributed by atoms with Gasteiger partial charge in [-0.2, -0.15) is 0 Å². The fraction of sp³-hybridized carbons (Fsp3) is 0.714. The molecule has 1 aliphatic rings. The van der Waals surface area contributed by atoms with Gasteiger partial charge in [-0.1, -0.05) is 6.92 Å². The molecule has 62 valence electrons. The summed E-state index contributed by atoms with van der Waals surface area (Å²) < 4.78 is 0. The van der Waals surface area contributed by atoms with Gasteiger partial charge in [-0.05, 0) is 6.92 Å². The van der Waals surface area contributed by atoms with Crippen LogP contribution in [0, 0.1) is 5.92 Å². The van der Waals surface area contributed by atoms with Crippen molar-refractivity contribution in [2.24, 2.45) is 5.92 Å². The summed E-state index contributed by atoms with van der Waals surface area (Å²) in [6.07, 6.45) is 0. The van der Waals surface area contributed by atoms with E-state index < -0.39 is 0 Å². The summed E-state index contributed by atoms with van der Waals surface area (Å²) in [5.74, 6) is -0.477. The zero-order valence-electron chi connectivity index (χ0n) is 6.92. The highest BCUT2D eigenvalue weighted by molar-refractivity contribution is 5.96. The van der Waals surface area contributed by atoms with Crippen LogP contribution in [0.1, 0.15) is 20.8 Å². The van der Waals surface area contributed by atoms with E-state index in [2.05, 4.69) is 5.43 Å². The Bertz CT molecular complexity index is 203. The predicted octanol–water partition coefficient (Wildman–Crippen LogP) is -0.0957. The van der Waals surface area contributed by atoms with Crippen molar-refractivity contribution in [2.75, 3.05) is 0 Å². The van der Waals surface area contributed by atoms with Crippen LogP contribution >= 0.6 is 0 Å². The van der Waals surface area contributed by atoms with Gasteiger partial charge in [0.25, 0.3) is 0 Å². The molecular formula is C7H12N2O2. The van der Waals surface area contributed by atoms with Gasteiger partial charge in [-0.15, -0.1) is 0 Å². The van der Waals surface area contributed by atoms with Gasteiger partial charge < -0.3 is 0 Å². The summed E-state index contributed by atoms with van der Waals surface area (Å²) in [6.45, 7) is 5.06. The average molecular weight is 156 g/mol. The maximum Gasteiger partial charge on any atom is 0.248 e. The summed E-state index contributed by atoms with van der Waals surface area (Å²) in [6, 6.07) is 0.0615. The van der Waals surface area contributed by atoms with Crippen LogP contribution in [-0.4, -0.2) is 22.9 Å². The SMILES string of the molecule is CC(=O)N1N[C@H](C)[C@@H](C)C1=O. The number of hydrogen-bond donors (Lipinski definition) is 1. The first-order valence-corrected chi connectivity index (χ1v) is 3.64. The van der Waals surface area contributed by atoms with E-state index in [0.29, 0.717) is 0 Å². The zero-order chi connectivity index (χ0) is 8.59. The minimum atomic E-state index is -0.244. The summed E-state index contributed by atoms with van der Waals surface area (Å²) >= 11 is 0. The number of carbonyl (C=O) groups excluding carboxylic acids is 2. The molecule has 0 aromatic carbocycles. The van der Waals surface area contributed by atoms with Crippen LogP contribution < -0.4 is 5.43 Å². The summed E-state index contributed by atoms with van der Waals surface area (Å²) in [5.41, 5.74) is 2.79. The van der Waals surface area contributed by atoms with Crippen molar-refractivity contribution in [1.82, 2.24) is 10.4 Å². The molecule has 1 fully saturated rings. The summed E-state index contributed by atoms with van der Waals surface area (Å²) in [7, 11) is 0. The van der Waals surface area contributed by atoms with Gasteiger partial charge in [0.2, 0.25) is 11.8 Å². The topological polar surface area (TPSA) is 49.4 Å². The van der Waals surface area contributed by atoms with Gasteiger partial charge in [0.15, 0.2) is 0 Å². The summed E-state index contributed by atoms with van der Waals surface area (Å²) in [5, 5.41) is 1.08. The molecule has 11 heavy (non-hydrogen) atoms. The highest BCUT2D eigenvalue weighted by Gasteiger charge is 2.36. The molecule has 4 heteroatoms. The van der Waals surface area contributed by atoms with Crippen molar-refractivity contribution in [3.63, 3.8) is 0 Å². The van der Waals surface area contributed by atoms with Crippen LogP contribution in [0.2, 0.25) is 0 Å². The van der Waals surface area contributed by atoms with Gasteiger partial charge in [0, 0.05) is 13.0 Å².